The lowest BCUT2D eigenvalue weighted by atomic mass is 10.1. The molecule has 0 saturated heterocycles. The van der Waals surface area contributed by atoms with Gasteiger partial charge < -0.3 is 25.4 Å². The number of benzene rings is 2. The first-order valence-corrected chi connectivity index (χ1v) is 9.84. The van der Waals surface area contributed by atoms with E-state index in [1.54, 1.807) is 43.3 Å². The van der Waals surface area contributed by atoms with E-state index in [9.17, 15) is 9.59 Å². The monoisotopic (exact) mass is 399 g/mol. The Morgan fingerprint density at radius 2 is 1.52 bits per heavy atom. The first-order valence-electron chi connectivity index (χ1n) is 9.84. The van der Waals surface area contributed by atoms with Crippen molar-refractivity contribution in [2.45, 2.75) is 33.7 Å². The van der Waals surface area contributed by atoms with Crippen LogP contribution in [0.4, 0.5) is 11.4 Å². The summed E-state index contributed by atoms with van der Waals surface area (Å²) in [7, 11) is 0. The molecule has 0 bridgehead atoms. The van der Waals surface area contributed by atoms with Crippen LogP contribution in [0.2, 0.25) is 0 Å². The van der Waals surface area contributed by atoms with Crippen molar-refractivity contribution < 1.29 is 19.1 Å². The molecule has 156 valence electrons. The highest BCUT2D eigenvalue weighted by Gasteiger charge is 2.18. The van der Waals surface area contributed by atoms with E-state index in [0.29, 0.717) is 48.2 Å². The van der Waals surface area contributed by atoms with Crippen LogP contribution in [0.5, 0.6) is 11.5 Å². The average molecular weight is 399 g/mol. The van der Waals surface area contributed by atoms with E-state index in [1.165, 1.54) is 0 Å². The molecule has 0 aliphatic rings. The topological polar surface area (TPSA) is 88.7 Å². The van der Waals surface area contributed by atoms with E-state index in [2.05, 4.69) is 16.0 Å². The smallest absolute Gasteiger partial charge is 0.255 e. The Kier molecular flexibility index (Phi) is 8.33. The Morgan fingerprint density at radius 1 is 0.931 bits per heavy atom. The molecule has 2 amide bonds. The Morgan fingerprint density at radius 3 is 2.10 bits per heavy atom. The minimum Gasteiger partial charge on any atom is -0.492 e. The maximum Gasteiger partial charge on any atom is 0.255 e. The lowest BCUT2D eigenvalue weighted by Crippen LogP contribution is -2.37. The number of likely N-dealkylation sites (N-methyl/N-ethyl adjacent to an activating group) is 1. The van der Waals surface area contributed by atoms with Gasteiger partial charge in [0.25, 0.3) is 5.91 Å². The van der Waals surface area contributed by atoms with Crippen LogP contribution in [-0.4, -0.2) is 37.6 Å². The van der Waals surface area contributed by atoms with Crippen LogP contribution in [0.1, 0.15) is 38.1 Å². The lowest BCUT2D eigenvalue weighted by molar-refractivity contribution is -0.121. The number of ether oxygens (including phenoxy) is 2. The largest absolute Gasteiger partial charge is 0.492 e. The van der Waals surface area contributed by atoms with Gasteiger partial charge in [-0.15, -0.1) is 0 Å². The molecule has 3 N–H and O–H groups in total. The second-order valence-corrected chi connectivity index (χ2v) is 6.29. The second-order valence-electron chi connectivity index (χ2n) is 6.29. The summed E-state index contributed by atoms with van der Waals surface area (Å²) in [6.45, 7) is 8.79. The van der Waals surface area contributed by atoms with Crippen LogP contribution in [0.25, 0.3) is 0 Å². The number of anilines is 2. The zero-order chi connectivity index (χ0) is 21.2. The van der Waals surface area contributed by atoms with Gasteiger partial charge in [-0.05, 0) is 39.8 Å². The van der Waals surface area contributed by atoms with E-state index in [-0.39, 0.29) is 11.8 Å². The third kappa shape index (κ3) is 6.14. The summed E-state index contributed by atoms with van der Waals surface area (Å²) in [4.78, 5) is 24.7. The molecular formula is C22H29N3O4. The van der Waals surface area contributed by atoms with Crippen LogP contribution < -0.4 is 25.4 Å². The van der Waals surface area contributed by atoms with E-state index in [0.717, 1.165) is 0 Å². The van der Waals surface area contributed by atoms with Crippen molar-refractivity contribution in [1.82, 2.24) is 5.32 Å². The molecule has 0 aliphatic carbocycles. The predicted octanol–water partition coefficient (Wildman–Crippen LogP) is 3.67. The summed E-state index contributed by atoms with van der Waals surface area (Å²) in [5, 5.41) is 8.83. The molecule has 0 fully saturated rings. The van der Waals surface area contributed by atoms with Gasteiger partial charge in [0.05, 0.1) is 24.6 Å². The number of carbonyl (C=O) groups is 2. The Hall–Kier alpha value is -3.22. The Labute approximate surface area is 171 Å². The van der Waals surface area contributed by atoms with Gasteiger partial charge in [0.1, 0.15) is 17.5 Å². The van der Waals surface area contributed by atoms with E-state index < -0.39 is 6.04 Å². The van der Waals surface area contributed by atoms with Crippen LogP contribution in [0, 0.1) is 0 Å². The molecule has 0 heterocycles. The van der Waals surface area contributed by atoms with Gasteiger partial charge in [-0.1, -0.05) is 18.2 Å². The van der Waals surface area contributed by atoms with Gasteiger partial charge >= 0.3 is 0 Å². The maximum atomic E-state index is 12.6. The quantitative estimate of drug-likeness (QED) is 0.567. The molecule has 2 aromatic carbocycles. The highest BCUT2D eigenvalue weighted by molar-refractivity contribution is 6.05. The van der Waals surface area contributed by atoms with E-state index in [4.69, 9.17) is 9.47 Å². The molecule has 0 radical (unpaired) electrons. The molecule has 2 aromatic rings. The zero-order valence-electron chi connectivity index (χ0n) is 17.4. The van der Waals surface area contributed by atoms with Crippen molar-refractivity contribution in [1.29, 1.82) is 0 Å². The predicted molar refractivity (Wildman–Crippen MR) is 115 cm³/mol. The third-order valence-electron chi connectivity index (χ3n) is 4.08. The molecule has 0 saturated carbocycles. The molecule has 2 rings (SSSR count). The third-order valence-corrected chi connectivity index (χ3v) is 4.08. The number of carbonyl (C=O) groups excluding carboxylic acids is 2. The van der Waals surface area contributed by atoms with Gasteiger partial charge in [-0.3, -0.25) is 9.59 Å². The summed E-state index contributed by atoms with van der Waals surface area (Å²) in [5.74, 6) is 0.654. The van der Waals surface area contributed by atoms with Gasteiger partial charge in [-0.2, -0.15) is 0 Å². The number of hydrogen-bond acceptors (Lipinski definition) is 5. The summed E-state index contributed by atoms with van der Waals surface area (Å²) in [6, 6.07) is 11.9. The number of amides is 2. The summed E-state index contributed by atoms with van der Waals surface area (Å²) in [6.07, 6.45) is 0. The van der Waals surface area contributed by atoms with Crippen molar-refractivity contribution in [3.63, 3.8) is 0 Å². The van der Waals surface area contributed by atoms with Crippen molar-refractivity contribution in [2.24, 2.45) is 0 Å². The van der Waals surface area contributed by atoms with Gasteiger partial charge in [0.15, 0.2) is 0 Å². The normalized spacial score (nSPS) is 11.3. The number of rotatable bonds is 10. The first kappa shape index (κ1) is 22.1. The van der Waals surface area contributed by atoms with Gasteiger partial charge in [0.2, 0.25) is 5.91 Å². The summed E-state index contributed by atoms with van der Waals surface area (Å²) < 4.78 is 11.5. The molecule has 0 unspecified atom stereocenters. The Balaban J connectivity index is 2.35. The van der Waals surface area contributed by atoms with Crippen LogP contribution >= 0.6 is 0 Å². The Bertz CT molecular complexity index is 824. The molecule has 7 nitrogen and oxygen atoms in total. The fourth-order valence-corrected chi connectivity index (χ4v) is 2.73. The molecule has 1 atom stereocenters. The highest BCUT2D eigenvalue weighted by Crippen LogP contribution is 2.37. The molecule has 0 aromatic heterocycles. The minimum absolute atomic E-state index is 0.116. The van der Waals surface area contributed by atoms with Crippen molar-refractivity contribution in [3.05, 3.63) is 48.0 Å². The SMILES string of the molecule is CCNC(=O)[C@H](C)Nc1cc(OCC)c(NC(=O)c2ccccc2)cc1OCC. The maximum absolute atomic E-state index is 12.6. The highest BCUT2D eigenvalue weighted by atomic mass is 16.5. The molecule has 7 heteroatoms. The molecule has 29 heavy (non-hydrogen) atoms. The van der Waals surface area contributed by atoms with Crippen LogP contribution in [0.3, 0.4) is 0 Å². The lowest BCUT2D eigenvalue weighted by Gasteiger charge is -2.21. The fourth-order valence-electron chi connectivity index (χ4n) is 2.73. The molecular weight excluding hydrogens is 370 g/mol. The summed E-state index contributed by atoms with van der Waals surface area (Å²) in [5.41, 5.74) is 1.66. The standard InChI is InChI=1S/C22H29N3O4/c1-5-23-21(26)15(4)24-17-13-20(29-7-3)18(14-19(17)28-6-2)25-22(27)16-11-9-8-10-12-16/h8-15,24H,5-7H2,1-4H3,(H,23,26)(H,25,27)/t15-/m0/s1. The minimum atomic E-state index is -0.464. The van der Waals surface area contributed by atoms with Crippen LogP contribution in [-0.2, 0) is 4.79 Å². The van der Waals surface area contributed by atoms with Gasteiger partial charge in [-0.25, -0.2) is 0 Å². The first-order chi connectivity index (χ1) is 14.0. The van der Waals surface area contributed by atoms with Gasteiger partial charge in [0, 0.05) is 24.2 Å². The molecule has 0 aliphatic heterocycles. The zero-order valence-corrected chi connectivity index (χ0v) is 17.4. The van der Waals surface area contributed by atoms with E-state index >= 15 is 0 Å². The second kappa shape index (κ2) is 10.9. The van der Waals surface area contributed by atoms with Crippen LogP contribution in [0.15, 0.2) is 42.5 Å². The molecule has 0 spiro atoms. The van der Waals surface area contributed by atoms with E-state index in [1.807, 2.05) is 26.8 Å². The number of hydrogen-bond donors (Lipinski definition) is 3. The van der Waals surface area contributed by atoms with Crippen molar-refractivity contribution in [2.75, 3.05) is 30.4 Å². The number of nitrogens with one attached hydrogen (secondary N) is 3. The van der Waals surface area contributed by atoms with Crippen molar-refractivity contribution in [3.8, 4) is 11.5 Å². The summed E-state index contributed by atoms with van der Waals surface area (Å²) >= 11 is 0. The fraction of sp³-hybridized carbons (Fsp3) is 0.364. The average Bonchev–Trinajstić information content (AvgIpc) is 2.72. The van der Waals surface area contributed by atoms with Crippen molar-refractivity contribution >= 4 is 23.2 Å².